The second-order valence-corrected chi connectivity index (χ2v) is 16.4. The predicted molar refractivity (Wildman–Crippen MR) is 249 cm³/mol. The number of benzene rings is 7. The van der Waals surface area contributed by atoms with Crippen molar-refractivity contribution in [3.8, 4) is 61.7 Å². The summed E-state index contributed by atoms with van der Waals surface area (Å²) in [4.78, 5) is 9.47. The van der Waals surface area contributed by atoms with Gasteiger partial charge in [-0.25, -0.2) is 0 Å². The summed E-state index contributed by atoms with van der Waals surface area (Å²) in [6.07, 6.45) is 1.39. The fourth-order valence-electron chi connectivity index (χ4n) is 7.46. The van der Waals surface area contributed by atoms with Crippen molar-refractivity contribution in [1.29, 1.82) is 0 Å². The first kappa shape index (κ1) is 36.8. The maximum absolute atomic E-state index is 7.23. The zero-order valence-corrected chi connectivity index (χ0v) is 36.7. The second-order valence-electron chi connectivity index (χ2n) is 15.5. The largest absolute Gasteiger partial charge is 0.332 e. The molecule has 0 aliphatic heterocycles. The molecule has 0 aliphatic rings. The van der Waals surface area contributed by atoms with E-state index in [4.69, 9.17) is 9.10 Å². The Morgan fingerprint density at radius 2 is 1.27 bits per heavy atom. The van der Waals surface area contributed by atoms with Crippen molar-refractivity contribution in [2.75, 3.05) is 0 Å². The first-order valence-corrected chi connectivity index (χ1v) is 20.6. The van der Waals surface area contributed by atoms with Crippen molar-refractivity contribution in [2.45, 2.75) is 33.0 Å². The number of imidazole rings is 1. The number of rotatable bonds is 6. The minimum atomic E-state index is -2.09. The number of aryl methyl sites for hydroxylation is 1. The Labute approximate surface area is 374 Å². The molecule has 0 fully saturated rings. The van der Waals surface area contributed by atoms with E-state index in [-0.39, 0.29) is 31.1 Å². The van der Waals surface area contributed by atoms with Crippen LogP contribution < -0.4 is 0 Å². The van der Waals surface area contributed by atoms with E-state index in [0.717, 1.165) is 44.8 Å². The van der Waals surface area contributed by atoms with Gasteiger partial charge in [0.25, 0.3) is 0 Å². The van der Waals surface area contributed by atoms with E-state index >= 15 is 0 Å². The van der Waals surface area contributed by atoms with Crippen LogP contribution in [0.5, 0.6) is 0 Å². The fourth-order valence-corrected chi connectivity index (χ4v) is 8.34. The Bertz CT molecular complexity index is 3060. The number of hydrogen-bond acceptors (Lipinski definition) is 3. The molecule has 1 radical (unpaired) electrons. The fraction of sp³-hybridized carbons (Fsp3) is 0.0909. The van der Waals surface area contributed by atoms with Crippen LogP contribution in [0.15, 0.2) is 188 Å². The summed E-state index contributed by atoms with van der Waals surface area (Å²) in [5.74, 6) is 0.901. The summed E-state index contributed by atoms with van der Waals surface area (Å²) in [6, 6.07) is 65.9. The molecule has 295 valence electrons. The number of hydrogen-bond donors (Lipinski definition) is 0. The van der Waals surface area contributed by atoms with Gasteiger partial charge in [-0.05, 0) is 75.6 Å². The van der Waals surface area contributed by atoms with Crippen LogP contribution in [0.2, 0.25) is 0 Å². The van der Waals surface area contributed by atoms with E-state index in [9.17, 15) is 0 Å². The minimum Gasteiger partial charge on any atom is -0.332 e. The van der Waals surface area contributed by atoms with Gasteiger partial charge in [0, 0.05) is 41.5 Å². The average Bonchev–Trinajstić information content (AvgIpc) is 3.91. The minimum absolute atomic E-state index is 0. The smallest absolute Gasteiger partial charge is 0.0774 e. The number of aromatic nitrogens is 3. The number of thiophene rings is 1. The van der Waals surface area contributed by atoms with Gasteiger partial charge in [0.15, 0.2) is 0 Å². The van der Waals surface area contributed by atoms with Crippen molar-refractivity contribution in [3.05, 3.63) is 211 Å². The molecule has 5 heteroatoms. The quantitative estimate of drug-likeness (QED) is 0.155. The van der Waals surface area contributed by atoms with Crippen LogP contribution in [0.3, 0.4) is 0 Å². The van der Waals surface area contributed by atoms with E-state index in [1.54, 1.807) is 29.5 Å². The van der Waals surface area contributed by atoms with Gasteiger partial charge in [-0.3, -0.25) is 16.3 Å². The van der Waals surface area contributed by atoms with E-state index in [1.807, 2.05) is 18.2 Å². The molecule has 10 aromatic rings. The van der Waals surface area contributed by atoms with Gasteiger partial charge in [0.05, 0.1) is 22.5 Å². The summed E-state index contributed by atoms with van der Waals surface area (Å²) in [7, 11) is 0. The summed E-state index contributed by atoms with van der Waals surface area (Å²) in [5.41, 5.74) is 14.4. The monoisotopic (exact) mass is 973 g/mol. The molecule has 3 aromatic heterocycles. The van der Waals surface area contributed by atoms with Gasteiger partial charge >= 0.3 is 0 Å². The molecule has 7 aromatic carbocycles. The Hall–Kier alpha value is -6.23. The van der Waals surface area contributed by atoms with E-state index in [0.29, 0.717) is 0 Å². The molecule has 10 rings (SSSR count). The number of para-hydroxylation sites is 2. The molecule has 0 atom stereocenters. The molecule has 3 heterocycles. The summed E-state index contributed by atoms with van der Waals surface area (Å²) in [5, 5.41) is 4.85. The molecule has 0 bridgehead atoms. The molecule has 0 saturated carbocycles. The number of pyridine rings is 1. The van der Waals surface area contributed by atoms with Crippen LogP contribution in [0, 0.1) is 18.3 Å². The van der Waals surface area contributed by atoms with Crippen molar-refractivity contribution in [3.63, 3.8) is 0 Å². The van der Waals surface area contributed by atoms with Gasteiger partial charge in [-0.2, -0.15) is 0 Å². The van der Waals surface area contributed by atoms with Crippen LogP contribution in [0.1, 0.15) is 36.0 Å². The van der Waals surface area contributed by atoms with Gasteiger partial charge in [-0.1, -0.05) is 164 Å². The molecule has 0 N–H and O–H groups in total. The summed E-state index contributed by atoms with van der Waals surface area (Å²) >= 11 is 1.66. The first-order chi connectivity index (χ1) is 30.0. The standard InChI is InChI=1S/C43H33N2S.C12H10N.Ir/c1-43(2,3)33-26-35(30-17-9-5-10-18-30)41(36(27-33)31-19-11-6-12-20-31)45-39-22-14-13-21-38(39)44-42(45)37-28-46-40-25-32(23-24-34(37)40)29-15-7-4-8-16-29;1-10-7-8-12(13-9-10)11-5-3-2-4-6-11;/h4-27H,1-3H3;2-5,7-9H,1H3;/q2*-1;/i;1D3;. The maximum Gasteiger partial charge on any atom is 0.0774 e. The Morgan fingerprint density at radius 1 is 0.633 bits per heavy atom. The third-order valence-electron chi connectivity index (χ3n) is 10.5. The first-order valence-electron chi connectivity index (χ1n) is 21.2. The van der Waals surface area contributed by atoms with Crippen LogP contribution in [0.25, 0.3) is 82.8 Å². The van der Waals surface area contributed by atoms with Gasteiger partial charge < -0.3 is 9.55 Å². The molecule has 0 amide bonds. The van der Waals surface area contributed by atoms with Gasteiger partial charge in [0.1, 0.15) is 0 Å². The molecule has 3 nitrogen and oxygen atoms in total. The topological polar surface area (TPSA) is 30.7 Å². The SMILES string of the molecule is CC(C)(C)c1cc(-c2ccccc2)c(-n2c(-c3[c-]sc4cc(-c5ccccc5)ccc34)nc3ccccc32)c(-c2ccccc2)c1.[2H]C([2H])([2H])c1ccc(-c2[c-]cccc2)nc1.[Ir]. The van der Waals surface area contributed by atoms with Crippen LogP contribution in [-0.4, -0.2) is 14.5 Å². The third kappa shape index (κ3) is 8.30. The van der Waals surface area contributed by atoms with E-state index in [1.165, 1.54) is 49.8 Å². The zero-order valence-electron chi connectivity index (χ0n) is 36.5. The van der Waals surface area contributed by atoms with Gasteiger partial charge in [0.2, 0.25) is 0 Å². The Balaban J connectivity index is 0.000000271. The molecule has 0 saturated heterocycles. The molecule has 60 heavy (non-hydrogen) atoms. The van der Waals surface area contributed by atoms with E-state index < -0.39 is 6.85 Å². The van der Waals surface area contributed by atoms with Crippen LogP contribution in [0.4, 0.5) is 0 Å². The maximum atomic E-state index is 7.23. The molecular weight excluding hydrogens is 927 g/mol. The number of nitrogens with zero attached hydrogens (tertiary/aromatic N) is 3. The van der Waals surface area contributed by atoms with E-state index in [2.05, 4.69) is 187 Å². The van der Waals surface area contributed by atoms with Crippen molar-refractivity contribution >= 4 is 32.5 Å². The molecule has 0 aliphatic carbocycles. The number of fused-ring (bicyclic) bond motifs is 2. The summed E-state index contributed by atoms with van der Waals surface area (Å²) < 4.78 is 25.3. The van der Waals surface area contributed by atoms with Crippen molar-refractivity contribution < 1.29 is 24.2 Å². The average molecular weight is 973 g/mol. The van der Waals surface area contributed by atoms with Gasteiger partial charge in [-0.15, -0.1) is 47.3 Å². The Morgan fingerprint density at radius 3 is 1.87 bits per heavy atom. The van der Waals surface area contributed by atoms with Crippen LogP contribution in [-0.2, 0) is 25.5 Å². The van der Waals surface area contributed by atoms with Crippen molar-refractivity contribution in [2.24, 2.45) is 0 Å². The molecule has 0 unspecified atom stereocenters. The second kappa shape index (κ2) is 17.5. The van der Waals surface area contributed by atoms with Crippen molar-refractivity contribution in [1.82, 2.24) is 14.5 Å². The molecule has 0 spiro atoms. The predicted octanol–water partition coefficient (Wildman–Crippen LogP) is 14.9. The third-order valence-corrected chi connectivity index (χ3v) is 11.4. The molecular formula is C55H43IrN3S-2. The van der Waals surface area contributed by atoms with Crippen LogP contribution >= 0.6 is 11.3 Å². The zero-order chi connectivity index (χ0) is 42.8. The summed E-state index contributed by atoms with van der Waals surface area (Å²) in [6.45, 7) is 4.78. The normalized spacial score (nSPS) is 12.2. The Kier molecular flexibility index (Phi) is 10.8.